The minimum absolute atomic E-state index is 0.312. The molecule has 1 aliphatic carbocycles. The molecule has 0 aliphatic heterocycles. The van der Waals surface area contributed by atoms with Crippen LogP contribution in [0.15, 0.2) is 71.2 Å². The van der Waals surface area contributed by atoms with Crippen LogP contribution in [0.5, 0.6) is 0 Å². The van der Waals surface area contributed by atoms with Gasteiger partial charge >= 0.3 is 0 Å². The summed E-state index contributed by atoms with van der Waals surface area (Å²) in [6, 6.07) is 18.5. The summed E-state index contributed by atoms with van der Waals surface area (Å²) in [6.07, 6.45) is 4.43. The fourth-order valence-electron chi connectivity index (χ4n) is 3.24. The van der Waals surface area contributed by atoms with Gasteiger partial charge in [-0.2, -0.15) is 0 Å². The van der Waals surface area contributed by atoms with Crippen molar-refractivity contribution in [2.24, 2.45) is 10.4 Å². The molecule has 0 saturated carbocycles. The van der Waals surface area contributed by atoms with Gasteiger partial charge in [-0.05, 0) is 67.7 Å². The topological polar surface area (TPSA) is 24.4 Å². The molecule has 0 spiro atoms. The first-order valence-corrected chi connectivity index (χ1v) is 8.17. The van der Waals surface area contributed by atoms with E-state index >= 15 is 0 Å². The SMILES string of the molecule is CC1=CC(=Nc2ccc(Nc3ccccc3)cc2)CC(C)(C)C1. The van der Waals surface area contributed by atoms with Crippen molar-refractivity contribution in [3.8, 4) is 0 Å². The first-order chi connectivity index (χ1) is 11.0. The minimum Gasteiger partial charge on any atom is -0.356 e. The Hall–Kier alpha value is -2.35. The number of para-hydroxylation sites is 1. The van der Waals surface area contributed by atoms with Crippen molar-refractivity contribution >= 4 is 22.8 Å². The van der Waals surface area contributed by atoms with Gasteiger partial charge in [0, 0.05) is 17.1 Å². The molecular formula is C21H24N2. The van der Waals surface area contributed by atoms with E-state index in [9.17, 15) is 0 Å². The lowest BCUT2D eigenvalue weighted by molar-refractivity contribution is 0.373. The highest BCUT2D eigenvalue weighted by molar-refractivity contribution is 5.98. The molecule has 23 heavy (non-hydrogen) atoms. The van der Waals surface area contributed by atoms with Crippen LogP contribution in [-0.4, -0.2) is 5.71 Å². The largest absolute Gasteiger partial charge is 0.356 e. The summed E-state index contributed by atoms with van der Waals surface area (Å²) >= 11 is 0. The lowest BCUT2D eigenvalue weighted by Crippen LogP contribution is -2.21. The number of hydrogen-bond donors (Lipinski definition) is 1. The number of nitrogens with one attached hydrogen (secondary N) is 1. The maximum Gasteiger partial charge on any atom is 0.0634 e. The molecule has 0 fully saturated rings. The number of allylic oxidation sites excluding steroid dienone is 2. The average Bonchev–Trinajstić information content (AvgIpc) is 2.48. The molecule has 118 valence electrons. The van der Waals surface area contributed by atoms with Gasteiger partial charge in [-0.25, -0.2) is 0 Å². The van der Waals surface area contributed by atoms with Gasteiger partial charge < -0.3 is 5.32 Å². The summed E-state index contributed by atoms with van der Waals surface area (Å²) in [7, 11) is 0. The van der Waals surface area contributed by atoms with Crippen molar-refractivity contribution in [3.05, 3.63) is 66.2 Å². The van der Waals surface area contributed by atoms with Gasteiger partial charge in [-0.1, -0.05) is 37.6 Å². The Kier molecular flexibility index (Phi) is 4.33. The molecule has 2 aromatic rings. The Balaban J connectivity index is 1.75. The second kappa shape index (κ2) is 6.41. The van der Waals surface area contributed by atoms with Crippen molar-refractivity contribution in [2.45, 2.75) is 33.6 Å². The standard InChI is InChI=1S/C21H24N2/c1-16-13-20(15-21(2,3)14-16)23-19-11-9-18(10-12-19)22-17-7-5-4-6-8-17/h4-13,22H,14-15H2,1-3H3. The smallest absolute Gasteiger partial charge is 0.0634 e. The minimum atomic E-state index is 0.312. The van der Waals surface area contributed by atoms with Crippen molar-refractivity contribution in [1.29, 1.82) is 0 Å². The van der Waals surface area contributed by atoms with Crippen LogP contribution in [0.25, 0.3) is 0 Å². The monoisotopic (exact) mass is 304 g/mol. The first kappa shape index (κ1) is 15.5. The zero-order valence-electron chi connectivity index (χ0n) is 14.1. The van der Waals surface area contributed by atoms with E-state index in [0.29, 0.717) is 5.41 Å². The van der Waals surface area contributed by atoms with E-state index in [1.165, 1.54) is 11.3 Å². The Labute approximate surface area is 139 Å². The van der Waals surface area contributed by atoms with Crippen molar-refractivity contribution < 1.29 is 0 Å². The average molecular weight is 304 g/mol. The molecule has 0 amide bonds. The van der Waals surface area contributed by atoms with E-state index in [1.807, 2.05) is 18.2 Å². The quantitative estimate of drug-likeness (QED) is 0.710. The molecule has 0 saturated heterocycles. The molecule has 0 aromatic heterocycles. The van der Waals surface area contributed by atoms with Crippen molar-refractivity contribution in [2.75, 3.05) is 5.32 Å². The van der Waals surface area contributed by atoms with Crippen LogP contribution in [0.2, 0.25) is 0 Å². The van der Waals surface area contributed by atoms with Gasteiger partial charge in [-0.15, -0.1) is 0 Å². The third kappa shape index (κ3) is 4.32. The first-order valence-electron chi connectivity index (χ1n) is 8.17. The lowest BCUT2D eigenvalue weighted by atomic mass is 9.77. The van der Waals surface area contributed by atoms with E-state index in [2.05, 4.69) is 68.6 Å². The van der Waals surface area contributed by atoms with Gasteiger partial charge in [0.1, 0.15) is 0 Å². The highest BCUT2D eigenvalue weighted by Gasteiger charge is 2.24. The highest BCUT2D eigenvalue weighted by atomic mass is 14.9. The van der Waals surface area contributed by atoms with Crippen molar-refractivity contribution in [3.63, 3.8) is 0 Å². The molecule has 0 heterocycles. The summed E-state index contributed by atoms with van der Waals surface area (Å²) in [6.45, 7) is 6.82. The van der Waals surface area contributed by atoms with Crippen LogP contribution >= 0.6 is 0 Å². The summed E-state index contributed by atoms with van der Waals surface area (Å²) in [5, 5.41) is 3.39. The van der Waals surface area contributed by atoms with Gasteiger partial charge in [0.25, 0.3) is 0 Å². The lowest BCUT2D eigenvalue weighted by Gasteiger charge is -2.29. The number of nitrogens with zero attached hydrogens (tertiary/aromatic N) is 1. The maximum absolute atomic E-state index is 4.82. The number of rotatable bonds is 3. The highest BCUT2D eigenvalue weighted by Crippen LogP contribution is 2.34. The summed E-state index contributed by atoms with van der Waals surface area (Å²) in [5.41, 5.74) is 6.10. The van der Waals surface area contributed by atoms with Gasteiger partial charge in [0.05, 0.1) is 5.69 Å². The molecule has 0 radical (unpaired) electrons. The molecule has 2 aromatic carbocycles. The van der Waals surface area contributed by atoms with E-state index in [4.69, 9.17) is 4.99 Å². The fraction of sp³-hybridized carbons (Fsp3) is 0.286. The molecule has 0 atom stereocenters. The van der Waals surface area contributed by atoms with Gasteiger partial charge in [0.2, 0.25) is 0 Å². The number of benzene rings is 2. The predicted molar refractivity (Wildman–Crippen MR) is 100 cm³/mol. The van der Waals surface area contributed by atoms with Crippen LogP contribution in [0.3, 0.4) is 0 Å². The fourth-order valence-corrected chi connectivity index (χ4v) is 3.24. The van der Waals surface area contributed by atoms with Crippen LogP contribution in [0.4, 0.5) is 17.1 Å². The Morgan fingerprint density at radius 2 is 1.52 bits per heavy atom. The second-order valence-electron chi connectivity index (χ2n) is 7.15. The molecule has 1 N–H and O–H groups in total. The third-order valence-electron chi connectivity index (χ3n) is 4.03. The van der Waals surface area contributed by atoms with Crippen LogP contribution in [0.1, 0.15) is 33.6 Å². The molecule has 1 aliphatic rings. The molecular weight excluding hydrogens is 280 g/mol. The van der Waals surface area contributed by atoms with Crippen LogP contribution < -0.4 is 5.32 Å². The molecule has 0 unspecified atom stereocenters. The zero-order chi connectivity index (χ0) is 16.3. The second-order valence-corrected chi connectivity index (χ2v) is 7.15. The predicted octanol–water partition coefficient (Wildman–Crippen LogP) is 6.27. The van der Waals surface area contributed by atoms with Crippen LogP contribution in [0, 0.1) is 5.41 Å². The zero-order valence-corrected chi connectivity index (χ0v) is 14.1. The Morgan fingerprint density at radius 1 is 0.870 bits per heavy atom. The number of anilines is 2. The van der Waals surface area contributed by atoms with E-state index in [1.54, 1.807) is 0 Å². The molecule has 2 nitrogen and oxygen atoms in total. The molecule has 2 heteroatoms. The Morgan fingerprint density at radius 3 is 2.17 bits per heavy atom. The van der Waals surface area contributed by atoms with E-state index in [-0.39, 0.29) is 0 Å². The summed E-state index contributed by atoms with van der Waals surface area (Å²) < 4.78 is 0. The molecule has 0 bridgehead atoms. The van der Waals surface area contributed by atoms with Gasteiger partial charge in [-0.3, -0.25) is 4.99 Å². The summed E-state index contributed by atoms with van der Waals surface area (Å²) in [5.74, 6) is 0. The maximum atomic E-state index is 4.82. The van der Waals surface area contributed by atoms with E-state index < -0.39 is 0 Å². The summed E-state index contributed by atoms with van der Waals surface area (Å²) in [4.78, 5) is 4.82. The van der Waals surface area contributed by atoms with Gasteiger partial charge in [0.15, 0.2) is 0 Å². The van der Waals surface area contributed by atoms with E-state index in [0.717, 1.165) is 29.9 Å². The molecule has 3 rings (SSSR count). The van der Waals surface area contributed by atoms with Crippen molar-refractivity contribution in [1.82, 2.24) is 0 Å². The normalized spacial score (nSPS) is 18.6. The van der Waals surface area contributed by atoms with Crippen LogP contribution in [-0.2, 0) is 0 Å². The Bertz CT molecular complexity index is 722. The number of hydrogen-bond acceptors (Lipinski definition) is 2. The third-order valence-corrected chi connectivity index (χ3v) is 4.03. The number of aliphatic imine (C=N–C) groups is 1.